The Bertz CT molecular complexity index is 331. The Hall–Kier alpha value is -0.750. The molecule has 2 rings (SSSR count). The highest BCUT2D eigenvalue weighted by atomic mass is 32.2. The van der Waals surface area contributed by atoms with Crippen molar-refractivity contribution >= 4 is 23.6 Å². The van der Waals surface area contributed by atoms with Gasteiger partial charge in [-0.05, 0) is 30.3 Å². The van der Waals surface area contributed by atoms with Gasteiger partial charge in [0.2, 0.25) is 5.91 Å². The van der Waals surface area contributed by atoms with Crippen LogP contribution in [0.3, 0.4) is 0 Å². The first kappa shape index (κ1) is 14.7. The number of hydrogen-bond acceptors (Lipinski definition) is 5. The van der Waals surface area contributed by atoms with E-state index in [-0.39, 0.29) is 18.5 Å². The van der Waals surface area contributed by atoms with E-state index in [1.54, 1.807) is 4.90 Å². The van der Waals surface area contributed by atoms with Crippen LogP contribution in [0.15, 0.2) is 0 Å². The first-order chi connectivity index (χ1) is 9.22. The van der Waals surface area contributed by atoms with E-state index in [1.165, 1.54) is 7.11 Å². The maximum atomic E-state index is 12.4. The molecule has 2 saturated heterocycles. The quantitative estimate of drug-likeness (QED) is 0.723. The third-order valence-corrected chi connectivity index (χ3v) is 4.78. The van der Waals surface area contributed by atoms with Gasteiger partial charge in [-0.2, -0.15) is 11.8 Å². The van der Waals surface area contributed by atoms with Gasteiger partial charge in [0.25, 0.3) is 0 Å². The van der Waals surface area contributed by atoms with Crippen molar-refractivity contribution in [3.8, 4) is 0 Å². The summed E-state index contributed by atoms with van der Waals surface area (Å²) in [5, 5.41) is 0. The van der Waals surface area contributed by atoms with Crippen LogP contribution in [0.5, 0.6) is 0 Å². The molecule has 5 nitrogen and oxygen atoms in total. The van der Waals surface area contributed by atoms with Crippen LogP contribution in [0.1, 0.15) is 19.3 Å². The molecule has 0 aromatic carbocycles. The number of rotatable bonds is 3. The van der Waals surface area contributed by atoms with Gasteiger partial charge in [-0.25, -0.2) is 4.79 Å². The Kier molecular flexibility index (Phi) is 5.51. The third-order valence-electron chi connectivity index (χ3n) is 3.73. The van der Waals surface area contributed by atoms with Gasteiger partial charge in [-0.3, -0.25) is 4.79 Å². The molecule has 2 heterocycles. The van der Waals surface area contributed by atoms with Crippen molar-refractivity contribution in [2.24, 2.45) is 5.92 Å². The monoisotopic (exact) mass is 287 g/mol. The Balaban J connectivity index is 1.92. The SMILES string of the molecule is COC(=O)C1COCCN1C(=O)CC1CCSCC1. The van der Waals surface area contributed by atoms with Crippen LogP contribution in [-0.4, -0.2) is 61.2 Å². The summed E-state index contributed by atoms with van der Waals surface area (Å²) < 4.78 is 10.0. The molecule has 0 aromatic heterocycles. The van der Waals surface area contributed by atoms with Crippen LogP contribution in [0.2, 0.25) is 0 Å². The molecule has 0 aromatic rings. The molecule has 19 heavy (non-hydrogen) atoms. The number of amides is 1. The second-order valence-electron chi connectivity index (χ2n) is 4.96. The number of nitrogens with zero attached hydrogens (tertiary/aromatic N) is 1. The van der Waals surface area contributed by atoms with Gasteiger partial charge in [-0.15, -0.1) is 0 Å². The molecule has 0 spiro atoms. The Labute approximate surface area is 118 Å². The molecular formula is C13H21NO4S. The van der Waals surface area contributed by atoms with Crippen LogP contribution in [0.4, 0.5) is 0 Å². The molecule has 6 heteroatoms. The molecule has 2 aliphatic rings. The van der Waals surface area contributed by atoms with Gasteiger partial charge >= 0.3 is 5.97 Å². The minimum atomic E-state index is -0.566. The van der Waals surface area contributed by atoms with Crippen LogP contribution in [0.25, 0.3) is 0 Å². The molecule has 108 valence electrons. The zero-order valence-corrected chi connectivity index (χ0v) is 12.1. The molecule has 2 aliphatic heterocycles. The van der Waals surface area contributed by atoms with E-state index in [9.17, 15) is 9.59 Å². The zero-order chi connectivity index (χ0) is 13.7. The predicted octanol–water partition coefficient (Wildman–Crippen LogP) is 0.920. The molecule has 1 amide bonds. The second kappa shape index (κ2) is 7.14. The highest BCUT2D eigenvalue weighted by molar-refractivity contribution is 7.99. The first-order valence-corrected chi connectivity index (χ1v) is 7.90. The van der Waals surface area contributed by atoms with Crippen LogP contribution in [-0.2, 0) is 19.1 Å². The van der Waals surface area contributed by atoms with Crippen molar-refractivity contribution in [3.63, 3.8) is 0 Å². The second-order valence-corrected chi connectivity index (χ2v) is 6.19. The lowest BCUT2D eigenvalue weighted by Crippen LogP contribution is -2.53. The summed E-state index contributed by atoms with van der Waals surface area (Å²) in [6.45, 7) is 1.23. The lowest BCUT2D eigenvalue weighted by molar-refractivity contribution is -0.161. The minimum Gasteiger partial charge on any atom is -0.467 e. The molecular weight excluding hydrogens is 266 g/mol. The lowest BCUT2D eigenvalue weighted by atomic mass is 9.97. The fourth-order valence-electron chi connectivity index (χ4n) is 2.55. The Morgan fingerprint density at radius 3 is 2.79 bits per heavy atom. The molecule has 0 saturated carbocycles. The van der Waals surface area contributed by atoms with Crippen molar-refractivity contribution in [2.75, 3.05) is 38.4 Å². The van der Waals surface area contributed by atoms with Crippen LogP contribution in [0, 0.1) is 5.92 Å². The average molecular weight is 287 g/mol. The number of methoxy groups -OCH3 is 1. The van der Waals surface area contributed by atoms with Crippen molar-refractivity contribution in [2.45, 2.75) is 25.3 Å². The maximum Gasteiger partial charge on any atom is 0.331 e. The van der Waals surface area contributed by atoms with Crippen LogP contribution >= 0.6 is 11.8 Å². The summed E-state index contributed by atoms with van der Waals surface area (Å²) >= 11 is 1.95. The van der Waals surface area contributed by atoms with Gasteiger partial charge in [-0.1, -0.05) is 0 Å². The van der Waals surface area contributed by atoms with Gasteiger partial charge in [0.05, 0.1) is 20.3 Å². The van der Waals surface area contributed by atoms with Gasteiger partial charge in [0.1, 0.15) is 0 Å². The van der Waals surface area contributed by atoms with Gasteiger partial charge in [0, 0.05) is 13.0 Å². The molecule has 2 fully saturated rings. The number of carbonyl (C=O) groups is 2. The lowest BCUT2D eigenvalue weighted by Gasteiger charge is -2.35. The third kappa shape index (κ3) is 3.86. The fraction of sp³-hybridized carbons (Fsp3) is 0.846. The highest BCUT2D eigenvalue weighted by Crippen LogP contribution is 2.26. The zero-order valence-electron chi connectivity index (χ0n) is 11.3. The predicted molar refractivity (Wildman–Crippen MR) is 73.0 cm³/mol. The number of carbonyl (C=O) groups excluding carboxylic acids is 2. The standard InChI is InChI=1S/C13H21NO4S/c1-17-13(16)11-9-18-5-4-14(11)12(15)8-10-2-6-19-7-3-10/h10-11H,2-9H2,1H3. The summed E-state index contributed by atoms with van der Waals surface area (Å²) in [6.07, 6.45) is 2.75. The first-order valence-electron chi connectivity index (χ1n) is 6.75. The van der Waals surface area contributed by atoms with Gasteiger partial charge in [0.15, 0.2) is 6.04 Å². The number of morpholine rings is 1. The van der Waals surface area contributed by atoms with Crippen molar-refractivity contribution in [1.29, 1.82) is 0 Å². The average Bonchev–Trinajstić information content (AvgIpc) is 2.47. The fourth-order valence-corrected chi connectivity index (χ4v) is 3.75. The largest absolute Gasteiger partial charge is 0.467 e. The van der Waals surface area contributed by atoms with Crippen molar-refractivity contribution in [1.82, 2.24) is 4.90 Å². The van der Waals surface area contributed by atoms with E-state index in [2.05, 4.69) is 0 Å². The maximum absolute atomic E-state index is 12.4. The van der Waals surface area contributed by atoms with E-state index in [1.807, 2.05) is 11.8 Å². The topological polar surface area (TPSA) is 55.8 Å². The summed E-state index contributed by atoms with van der Waals surface area (Å²) in [6, 6.07) is -0.566. The number of ether oxygens (including phenoxy) is 2. The molecule has 0 aliphatic carbocycles. The molecule has 0 N–H and O–H groups in total. The summed E-state index contributed by atoms with van der Waals surface area (Å²) in [7, 11) is 1.35. The Morgan fingerprint density at radius 2 is 2.11 bits per heavy atom. The number of thioether (sulfide) groups is 1. The molecule has 1 atom stereocenters. The number of hydrogen-bond donors (Lipinski definition) is 0. The molecule has 0 radical (unpaired) electrons. The van der Waals surface area contributed by atoms with E-state index in [0.717, 1.165) is 24.3 Å². The summed E-state index contributed by atoms with van der Waals surface area (Å²) in [5.41, 5.74) is 0. The highest BCUT2D eigenvalue weighted by Gasteiger charge is 2.34. The minimum absolute atomic E-state index is 0.0654. The van der Waals surface area contributed by atoms with Gasteiger partial charge < -0.3 is 14.4 Å². The Morgan fingerprint density at radius 1 is 1.37 bits per heavy atom. The summed E-state index contributed by atoms with van der Waals surface area (Å²) in [5.74, 6) is 2.43. The molecule has 1 unspecified atom stereocenters. The van der Waals surface area contributed by atoms with Crippen molar-refractivity contribution < 1.29 is 19.1 Å². The smallest absolute Gasteiger partial charge is 0.331 e. The normalized spacial score (nSPS) is 25.1. The van der Waals surface area contributed by atoms with E-state index >= 15 is 0 Å². The number of esters is 1. The van der Waals surface area contributed by atoms with Crippen LogP contribution < -0.4 is 0 Å². The summed E-state index contributed by atoms with van der Waals surface area (Å²) in [4.78, 5) is 25.7. The van der Waals surface area contributed by atoms with E-state index in [4.69, 9.17) is 9.47 Å². The van der Waals surface area contributed by atoms with E-state index in [0.29, 0.717) is 25.5 Å². The molecule has 0 bridgehead atoms. The van der Waals surface area contributed by atoms with E-state index < -0.39 is 6.04 Å². The van der Waals surface area contributed by atoms with Crippen molar-refractivity contribution in [3.05, 3.63) is 0 Å².